The Morgan fingerprint density at radius 1 is 1.50 bits per heavy atom. The fourth-order valence-electron chi connectivity index (χ4n) is 2.61. The van der Waals surface area contributed by atoms with E-state index in [1.165, 1.54) is 12.8 Å². The van der Waals surface area contributed by atoms with E-state index < -0.39 is 0 Å². The Bertz CT molecular complexity index is 353. The third-order valence-corrected chi connectivity index (χ3v) is 3.51. The molecule has 1 aliphatic heterocycles. The third kappa shape index (κ3) is 2.08. The van der Waals surface area contributed by atoms with Gasteiger partial charge in [-0.15, -0.1) is 0 Å². The highest BCUT2D eigenvalue weighted by Gasteiger charge is 2.29. The van der Waals surface area contributed by atoms with Crippen LogP contribution in [0.25, 0.3) is 0 Å². The lowest BCUT2D eigenvalue weighted by Crippen LogP contribution is -2.37. The van der Waals surface area contributed by atoms with E-state index in [0.29, 0.717) is 12.1 Å². The molecule has 0 aliphatic carbocycles. The molecule has 0 saturated carbocycles. The first-order valence-electron chi connectivity index (χ1n) is 5.97. The average Bonchev–Trinajstić information content (AvgIpc) is 2.77. The van der Waals surface area contributed by atoms with Gasteiger partial charge in [0.15, 0.2) is 0 Å². The summed E-state index contributed by atoms with van der Waals surface area (Å²) >= 11 is 0. The SMILES string of the molecule is Cc1nccnc1C(C)N1CCCC1CN. The summed E-state index contributed by atoms with van der Waals surface area (Å²) < 4.78 is 0. The number of likely N-dealkylation sites (tertiary alicyclic amines) is 1. The maximum Gasteiger partial charge on any atom is 0.0784 e. The maximum atomic E-state index is 5.80. The second kappa shape index (κ2) is 4.89. The van der Waals surface area contributed by atoms with Crippen molar-refractivity contribution in [2.24, 2.45) is 5.73 Å². The van der Waals surface area contributed by atoms with Crippen LogP contribution in [0, 0.1) is 6.92 Å². The molecule has 1 saturated heterocycles. The summed E-state index contributed by atoms with van der Waals surface area (Å²) in [6.45, 7) is 6.08. The Kier molecular flexibility index (Phi) is 3.51. The predicted molar refractivity (Wildman–Crippen MR) is 64.0 cm³/mol. The minimum Gasteiger partial charge on any atom is -0.329 e. The topological polar surface area (TPSA) is 55.0 Å². The summed E-state index contributed by atoms with van der Waals surface area (Å²) in [6, 6.07) is 0.834. The lowest BCUT2D eigenvalue weighted by molar-refractivity contribution is 0.192. The van der Waals surface area contributed by atoms with E-state index >= 15 is 0 Å². The number of hydrogen-bond acceptors (Lipinski definition) is 4. The smallest absolute Gasteiger partial charge is 0.0784 e. The minimum absolute atomic E-state index is 0.324. The Morgan fingerprint density at radius 2 is 2.25 bits per heavy atom. The molecule has 4 heteroatoms. The van der Waals surface area contributed by atoms with Gasteiger partial charge < -0.3 is 5.73 Å². The lowest BCUT2D eigenvalue weighted by Gasteiger charge is -2.29. The molecule has 0 amide bonds. The van der Waals surface area contributed by atoms with Crippen LogP contribution in [-0.4, -0.2) is 34.0 Å². The first-order valence-corrected chi connectivity index (χ1v) is 5.97. The number of hydrogen-bond donors (Lipinski definition) is 1. The van der Waals surface area contributed by atoms with Crippen molar-refractivity contribution in [1.82, 2.24) is 14.9 Å². The van der Waals surface area contributed by atoms with Crippen molar-refractivity contribution >= 4 is 0 Å². The zero-order valence-electron chi connectivity index (χ0n) is 10.1. The molecule has 16 heavy (non-hydrogen) atoms. The molecule has 0 radical (unpaired) electrons. The Hall–Kier alpha value is -1.00. The normalized spacial score (nSPS) is 23.6. The molecule has 0 bridgehead atoms. The predicted octanol–water partition coefficient (Wildman–Crippen LogP) is 1.27. The van der Waals surface area contributed by atoms with E-state index in [-0.39, 0.29) is 0 Å². The lowest BCUT2D eigenvalue weighted by atomic mass is 10.1. The molecular weight excluding hydrogens is 200 g/mol. The van der Waals surface area contributed by atoms with Gasteiger partial charge in [-0.2, -0.15) is 0 Å². The van der Waals surface area contributed by atoms with Gasteiger partial charge in [0.05, 0.1) is 17.4 Å². The van der Waals surface area contributed by atoms with Gasteiger partial charge in [-0.3, -0.25) is 14.9 Å². The van der Waals surface area contributed by atoms with Gasteiger partial charge in [-0.05, 0) is 33.2 Å². The summed E-state index contributed by atoms with van der Waals surface area (Å²) in [5.41, 5.74) is 7.91. The van der Waals surface area contributed by atoms with Crippen LogP contribution >= 0.6 is 0 Å². The van der Waals surface area contributed by atoms with Gasteiger partial charge in [-0.25, -0.2) is 0 Å². The Labute approximate surface area is 96.9 Å². The van der Waals surface area contributed by atoms with Crippen LogP contribution in [0.1, 0.15) is 37.2 Å². The molecule has 1 aliphatic rings. The molecule has 0 spiro atoms. The van der Waals surface area contributed by atoms with Gasteiger partial charge in [0.25, 0.3) is 0 Å². The second-order valence-electron chi connectivity index (χ2n) is 4.47. The number of aromatic nitrogens is 2. The van der Waals surface area contributed by atoms with E-state index in [9.17, 15) is 0 Å². The Morgan fingerprint density at radius 3 is 2.94 bits per heavy atom. The molecule has 0 aromatic carbocycles. The van der Waals surface area contributed by atoms with E-state index in [1.807, 2.05) is 6.92 Å². The monoisotopic (exact) mass is 220 g/mol. The molecule has 2 N–H and O–H groups in total. The summed E-state index contributed by atoms with van der Waals surface area (Å²) in [5.74, 6) is 0. The largest absolute Gasteiger partial charge is 0.329 e. The summed E-state index contributed by atoms with van der Waals surface area (Å²) in [4.78, 5) is 11.2. The average molecular weight is 220 g/mol. The minimum atomic E-state index is 0.324. The molecule has 2 heterocycles. The van der Waals surface area contributed by atoms with Crippen molar-refractivity contribution < 1.29 is 0 Å². The van der Waals surface area contributed by atoms with Crippen molar-refractivity contribution in [2.75, 3.05) is 13.1 Å². The van der Waals surface area contributed by atoms with Gasteiger partial charge in [0.2, 0.25) is 0 Å². The standard InChI is InChI=1S/C12H20N4/c1-9-12(15-6-5-14-9)10(2)16-7-3-4-11(16)8-13/h5-6,10-11H,3-4,7-8,13H2,1-2H3. The fraction of sp³-hybridized carbons (Fsp3) is 0.667. The molecule has 1 fully saturated rings. The second-order valence-corrected chi connectivity index (χ2v) is 4.47. The number of nitrogens with zero attached hydrogens (tertiary/aromatic N) is 3. The highest BCUT2D eigenvalue weighted by molar-refractivity contribution is 5.13. The quantitative estimate of drug-likeness (QED) is 0.833. The molecule has 1 aromatic heterocycles. The number of nitrogens with two attached hydrogens (primary N) is 1. The molecule has 88 valence electrons. The van der Waals surface area contributed by atoms with Crippen LogP contribution in [0.4, 0.5) is 0 Å². The van der Waals surface area contributed by atoms with E-state index in [1.54, 1.807) is 12.4 Å². The number of rotatable bonds is 3. The third-order valence-electron chi connectivity index (χ3n) is 3.51. The van der Waals surface area contributed by atoms with Crippen molar-refractivity contribution in [3.8, 4) is 0 Å². The van der Waals surface area contributed by atoms with Crippen molar-refractivity contribution in [2.45, 2.75) is 38.8 Å². The van der Waals surface area contributed by atoms with Crippen molar-refractivity contribution in [3.63, 3.8) is 0 Å². The van der Waals surface area contributed by atoms with Crippen LogP contribution in [0.15, 0.2) is 12.4 Å². The van der Waals surface area contributed by atoms with Gasteiger partial charge in [-0.1, -0.05) is 0 Å². The number of aryl methyl sites for hydroxylation is 1. The Balaban J connectivity index is 2.18. The molecule has 4 nitrogen and oxygen atoms in total. The van der Waals surface area contributed by atoms with Crippen LogP contribution < -0.4 is 5.73 Å². The van der Waals surface area contributed by atoms with E-state index in [4.69, 9.17) is 5.73 Å². The fourth-order valence-corrected chi connectivity index (χ4v) is 2.61. The first kappa shape index (κ1) is 11.5. The van der Waals surface area contributed by atoms with Gasteiger partial charge in [0.1, 0.15) is 0 Å². The molecular formula is C12H20N4. The van der Waals surface area contributed by atoms with Gasteiger partial charge in [0, 0.05) is 25.0 Å². The summed E-state index contributed by atoms with van der Waals surface area (Å²) in [6.07, 6.45) is 5.97. The zero-order chi connectivity index (χ0) is 11.5. The molecule has 2 rings (SSSR count). The molecule has 2 unspecified atom stereocenters. The highest BCUT2D eigenvalue weighted by Crippen LogP contribution is 2.28. The van der Waals surface area contributed by atoms with Crippen LogP contribution in [0.2, 0.25) is 0 Å². The highest BCUT2D eigenvalue weighted by atomic mass is 15.2. The summed E-state index contributed by atoms with van der Waals surface area (Å²) in [7, 11) is 0. The maximum absolute atomic E-state index is 5.80. The van der Waals surface area contributed by atoms with E-state index in [2.05, 4.69) is 21.8 Å². The van der Waals surface area contributed by atoms with Crippen molar-refractivity contribution in [1.29, 1.82) is 0 Å². The zero-order valence-corrected chi connectivity index (χ0v) is 10.1. The van der Waals surface area contributed by atoms with Gasteiger partial charge >= 0.3 is 0 Å². The summed E-state index contributed by atoms with van der Waals surface area (Å²) in [5, 5.41) is 0. The first-order chi connectivity index (χ1) is 7.74. The molecule has 1 aromatic rings. The van der Waals surface area contributed by atoms with Crippen LogP contribution in [-0.2, 0) is 0 Å². The van der Waals surface area contributed by atoms with Crippen LogP contribution in [0.3, 0.4) is 0 Å². The van der Waals surface area contributed by atoms with Crippen molar-refractivity contribution in [3.05, 3.63) is 23.8 Å². The molecule has 2 atom stereocenters. The van der Waals surface area contributed by atoms with E-state index in [0.717, 1.165) is 24.5 Å². The van der Waals surface area contributed by atoms with Crippen LogP contribution in [0.5, 0.6) is 0 Å².